The van der Waals surface area contributed by atoms with E-state index in [1.165, 1.54) is 0 Å². The van der Waals surface area contributed by atoms with E-state index >= 15 is 0 Å². The molecule has 0 bridgehead atoms. The lowest BCUT2D eigenvalue weighted by molar-refractivity contribution is -0.149. The van der Waals surface area contributed by atoms with Crippen molar-refractivity contribution in [1.29, 1.82) is 0 Å². The molecule has 0 radical (unpaired) electrons. The van der Waals surface area contributed by atoms with Crippen molar-refractivity contribution in [2.24, 2.45) is 5.41 Å². The highest BCUT2D eigenvalue weighted by Crippen LogP contribution is 2.44. The van der Waals surface area contributed by atoms with Crippen molar-refractivity contribution in [2.75, 3.05) is 13.2 Å². The number of hydrogen-bond acceptors (Lipinski definition) is 4. The first-order chi connectivity index (χ1) is 16.4. The van der Waals surface area contributed by atoms with Gasteiger partial charge in [0.2, 0.25) is 5.91 Å². The summed E-state index contributed by atoms with van der Waals surface area (Å²) < 4.78 is 5.57. The van der Waals surface area contributed by atoms with Gasteiger partial charge in [-0.2, -0.15) is 0 Å². The van der Waals surface area contributed by atoms with Crippen LogP contribution in [0.4, 0.5) is 4.79 Å². The van der Waals surface area contributed by atoms with Crippen LogP contribution < -0.4 is 10.6 Å². The largest absolute Gasteiger partial charge is 0.481 e. The zero-order chi connectivity index (χ0) is 24.7. The summed E-state index contributed by atoms with van der Waals surface area (Å²) in [7, 11) is 0. The van der Waals surface area contributed by atoms with Gasteiger partial charge >= 0.3 is 12.1 Å². The predicted octanol–water partition coefficient (Wildman–Crippen LogP) is 4.70. The first-order valence-corrected chi connectivity index (χ1v) is 12.0. The number of fused-ring (bicyclic) bond motifs is 3. The average molecular weight is 467 g/mol. The number of carbonyl (C=O) groups is 3. The fourth-order valence-electron chi connectivity index (χ4n) is 4.60. The van der Waals surface area contributed by atoms with Crippen LogP contribution in [0.5, 0.6) is 0 Å². The van der Waals surface area contributed by atoms with Crippen molar-refractivity contribution in [3.63, 3.8) is 0 Å². The van der Waals surface area contributed by atoms with Gasteiger partial charge in [0.25, 0.3) is 0 Å². The molecule has 7 heteroatoms. The molecule has 0 heterocycles. The molecule has 3 N–H and O–H groups in total. The zero-order valence-corrected chi connectivity index (χ0v) is 20.1. The second kappa shape index (κ2) is 11.2. The van der Waals surface area contributed by atoms with Crippen LogP contribution in [0.1, 0.15) is 63.5 Å². The molecule has 1 aliphatic rings. The maximum Gasteiger partial charge on any atom is 0.407 e. The molecule has 2 aromatic carbocycles. The van der Waals surface area contributed by atoms with Gasteiger partial charge in [-0.1, -0.05) is 75.7 Å². The van der Waals surface area contributed by atoms with Crippen molar-refractivity contribution in [1.82, 2.24) is 10.6 Å². The number of ether oxygens (including phenoxy) is 1. The fourth-order valence-corrected chi connectivity index (χ4v) is 4.60. The fraction of sp³-hybridized carbons (Fsp3) is 0.444. The summed E-state index contributed by atoms with van der Waals surface area (Å²) in [6, 6.07) is 15.4. The smallest absolute Gasteiger partial charge is 0.407 e. The number of aliphatic carboxylic acids is 1. The number of carboxylic acids is 1. The molecule has 0 unspecified atom stereocenters. The van der Waals surface area contributed by atoms with Gasteiger partial charge in [0.05, 0.1) is 5.41 Å². The highest BCUT2D eigenvalue weighted by molar-refractivity contribution is 5.86. The number of rotatable bonds is 11. The van der Waals surface area contributed by atoms with Crippen LogP contribution in [0.15, 0.2) is 48.5 Å². The molecule has 0 aliphatic heterocycles. The predicted molar refractivity (Wildman–Crippen MR) is 131 cm³/mol. The van der Waals surface area contributed by atoms with E-state index in [0.717, 1.165) is 22.3 Å². The molecule has 0 spiro atoms. The van der Waals surface area contributed by atoms with Gasteiger partial charge in [-0.05, 0) is 41.5 Å². The number of hydrogen-bond donors (Lipinski definition) is 3. The Hall–Kier alpha value is -3.35. The third kappa shape index (κ3) is 5.24. The minimum atomic E-state index is -1.02. The van der Waals surface area contributed by atoms with E-state index < -0.39 is 29.4 Å². The first-order valence-electron chi connectivity index (χ1n) is 12.0. The molecule has 34 heavy (non-hydrogen) atoms. The summed E-state index contributed by atoms with van der Waals surface area (Å²) in [4.78, 5) is 37.1. The number of benzene rings is 2. The standard InChI is InChI=1S/C27H34N2O5/c1-4-11-23(24(30)28-17-27(5-2,6-3)25(31)32)29-26(33)34-16-22-20-14-9-7-12-18(20)19-13-8-10-15-21(19)22/h7-10,12-15,22-23H,4-6,11,16-17H2,1-3H3,(H,28,30)(H,29,33)(H,31,32)/t23-/m0/s1. The van der Waals surface area contributed by atoms with Crippen molar-refractivity contribution in [3.8, 4) is 11.1 Å². The Balaban J connectivity index is 1.62. The normalized spacial score (nSPS) is 13.5. The Morgan fingerprint density at radius 3 is 2.03 bits per heavy atom. The van der Waals surface area contributed by atoms with Crippen LogP contribution in [0.3, 0.4) is 0 Å². The topological polar surface area (TPSA) is 105 Å². The van der Waals surface area contributed by atoms with Crippen LogP contribution in [-0.4, -0.2) is 42.3 Å². The average Bonchev–Trinajstić information content (AvgIpc) is 3.17. The molecular weight excluding hydrogens is 432 g/mol. The Morgan fingerprint density at radius 2 is 1.53 bits per heavy atom. The van der Waals surface area contributed by atoms with Crippen LogP contribution in [-0.2, 0) is 14.3 Å². The molecule has 2 amide bonds. The second-order valence-electron chi connectivity index (χ2n) is 8.82. The number of alkyl carbamates (subject to hydrolysis) is 1. The summed E-state index contributed by atoms with van der Waals surface area (Å²) in [6.45, 7) is 5.68. The molecule has 3 rings (SSSR count). The lowest BCUT2D eigenvalue weighted by atomic mass is 9.82. The molecule has 0 saturated heterocycles. The second-order valence-corrected chi connectivity index (χ2v) is 8.82. The van der Waals surface area contributed by atoms with Crippen LogP contribution in [0.2, 0.25) is 0 Å². The Labute approximate surface area is 200 Å². The molecule has 0 aromatic heterocycles. The van der Waals surface area contributed by atoms with E-state index in [1.807, 2.05) is 43.3 Å². The third-order valence-electron chi connectivity index (χ3n) is 6.94. The lowest BCUT2D eigenvalue weighted by Crippen LogP contribution is -2.50. The number of amides is 2. The summed E-state index contributed by atoms with van der Waals surface area (Å²) in [5.41, 5.74) is 3.50. The van der Waals surface area contributed by atoms with E-state index in [0.29, 0.717) is 25.7 Å². The van der Waals surface area contributed by atoms with Crippen LogP contribution in [0, 0.1) is 5.41 Å². The van der Waals surface area contributed by atoms with Crippen LogP contribution >= 0.6 is 0 Å². The SMILES string of the molecule is CCC[C@H](NC(=O)OCC1c2ccccc2-c2ccccc21)C(=O)NCC(CC)(CC)C(=O)O. The molecule has 7 nitrogen and oxygen atoms in total. The molecule has 2 aromatic rings. The van der Waals surface area contributed by atoms with Gasteiger partial charge in [0.15, 0.2) is 0 Å². The first kappa shape index (κ1) is 25.3. The maximum absolute atomic E-state index is 12.8. The molecular formula is C27H34N2O5. The zero-order valence-electron chi connectivity index (χ0n) is 20.1. The minimum absolute atomic E-state index is 0.0146. The molecule has 1 atom stereocenters. The summed E-state index contributed by atoms with van der Waals surface area (Å²) in [5.74, 6) is -1.40. The van der Waals surface area contributed by atoms with Crippen LogP contribution in [0.25, 0.3) is 11.1 Å². The monoisotopic (exact) mass is 466 g/mol. The van der Waals surface area contributed by atoms with E-state index in [1.54, 1.807) is 13.8 Å². The van der Waals surface area contributed by atoms with Gasteiger partial charge in [0.1, 0.15) is 12.6 Å². The summed E-state index contributed by atoms with van der Waals surface area (Å²) >= 11 is 0. The van der Waals surface area contributed by atoms with Gasteiger partial charge in [0, 0.05) is 12.5 Å². The maximum atomic E-state index is 12.8. The van der Waals surface area contributed by atoms with Crippen molar-refractivity contribution in [3.05, 3.63) is 59.7 Å². The highest BCUT2D eigenvalue weighted by Gasteiger charge is 2.36. The highest BCUT2D eigenvalue weighted by atomic mass is 16.5. The summed E-state index contributed by atoms with van der Waals surface area (Å²) in [6.07, 6.45) is 1.24. The van der Waals surface area contributed by atoms with Crippen molar-refractivity contribution < 1.29 is 24.2 Å². The van der Waals surface area contributed by atoms with Gasteiger partial charge in [-0.15, -0.1) is 0 Å². The number of carbonyl (C=O) groups excluding carboxylic acids is 2. The number of nitrogens with one attached hydrogen (secondary N) is 2. The van der Waals surface area contributed by atoms with E-state index in [4.69, 9.17) is 4.74 Å². The van der Waals surface area contributed by atoms with Gasteiger partial charge in [-0.25, -0.2) is 4.79 Å². The molecule has 1 aliphatic carbocycles. The molecule has 0 saturated carbocycles. The van der Waals surface area contributed by atoms with E-state index in [-0.39, 0.29) is 19.1 Å². The Bertz CT molecular complexity index is 986. The molecule has 0 fully saturated rings. The summed E-state index contributed by atoms with van der Waals surface area (Å²) in [5, 5.41) is 15.0. The Morgan fingerprint density at radius 1 is 0.971 bits per heavy atom. The van der Waals surface area contributed by atoms with Gasteiger partial charge in [-0.3, -0.25) is 9.59 Å². The third-order valence-corrected chi connectivity index (χ3v) is 6.94. The van der Waals surface area contributed by atoms with Crippen molar-refractivity contribution in [2.45, 2.75) is 58.4 Å². The quantitative estimate of drug-likeness (QED) is 0.445. The Kier molecular flexibility index (Phi) is 8.31. The van der Waals surface area contributed by atoms with Gasteiger partial charge < -0.3 is 20.5 Å². The van der Waals surface area contributed by atoms with Crippen molar-refractivity contribution >= 4 is 18.0 Å². The minimum Gasteiger partial charge on any atom is -0.481 e. The molecule has 182 valence electrons. The number of carboxylic acid groups (broad SMARTS) is 1. The van der Waals surface area contributed by atoms with E-state index in [9.17, 15) is 19.5 Å². The van der Waals surface area contributed by atoms with E-state index in [2.05, 4.69) is 22.8 Å². The lowest BCUT2D eigenvalue weighted by Gasteiger charge is -2.28.